The van der Waals surface area contributed by atoms with E-state index in [-0.39, 0.29) is 29.9 Å². The highest BCUT2D eigenvalue weighted by molar-refractivity contribution is 5.78. The first kappa shape index (κ1) is 26.3. The van der Waals surface area contributed by atoms with Crippen molar-refractivity contribution in [2.45, 2.75) is 58.9 Å². The lowest BCUT2D eigenvalue weighted by atomic mass is 10.0. The predicted octanol–water partition coefficient (Wildman–Crippen LogP) is 3.01. The van der Waals surface area contributed by atoms with Gasteiger partial charge < -0.3 is 26.0 Å². The van der Waals surface area contributed by atoms with Crippen molar-refractivity contribution in [2.24, 2.45) is 0 Å². The van der Waals surface area contributed by atoms with Crippen LogP contribution in [0, 0.1) is 13.8 Å². The molecule has 1 heterocycles. The van der Waals surface area contributed by atoms with Crippen LogP contribution in [0.1, 0.15) is 52.2 Å². The van der Waals surface area contributed by atoms with Gasteiger partial charge in [-0.05, 0) is 61.6 Å². The van der Waals surface area contributed by atoms with Crippen LogP contribution < -0.4 is 10.6 Å². The molecule has 0 bridgehead atoms. The average molecular weight is 478 g/mol. The molecule has 5 N–H and O–H groups in total. The van der Waals surface area contributed by atoms with E-state index in [0.717, 1.165) is 23.1 Å². The SMILES string of the molecule is Cc1ccc(C)c(CNC(=O)Cc2cccc(C[C@@H](C)NCC(O)c3ccc(O)c(CO)n3)c2)c1. The zero-order valence-electron chi connectivity index (χ0n) is 20.6. The first-order valence-electron chi connectivity index (χ1n) is 11.9. The third kappa shape index (κ3) is 7.89. The standard InChI is InChI=1S/C28H35N3O4/c1-18-7-8-19(2)23(11-18)15-30-28(35)14-22-6-4-5-21(13-22)12-20(3)29-16-27(34)24-9-10-26(33)25(17-32)31-24/h4-11,13,20,27,29,32-34H,12,14-17H2,1-3H3,(H,30,35)/t20-,27?/m1/s1. The minimum absolute atomic E-state index is 0.0130. The highest BCUT2D eigenvalue weighted by Gasteiger charge is 2.14. The van der Waals surface area contributed by atoms with Gasteiger partial charge in [-0.1, -0.05) is 48.0 Å². The third-order valence-corrected chi connectivity index (χ3v) is 6.00. The van der Waals surface area contributed by atoms with E-state index in [1.54, 1.807) is 6.07 Å². The molecule has 2 atom stereocenters. The van der Waals surface area contributed by atoms with Crippen LogP contribution in [-0.2, 0) is 30.8 Å². The summed E-state index contributed by atoms with van der Waals surface area (Å²) in [5.41, 5.74) is 6.06. The maximum Gasteiger partial charge on any atom is 0.224 e. The van der Waals surface area contributed by atoms with E-state index < -0.39 is 12.7 Å². The summed E-state index contributed by atoms with van der Waals surface area (Å²) in [4.78, 5) is 16.6. The van der Waals surface area contributed by atoms with E-state index >= 15 is 0 Å². The van der Waals surface area contributed by atoms with Gasteiger partial charge in [0.25, 0.3) is 0 Å². The van der Waals surface area contributed by atoms with Gasteiger partial charge in [0.15, 0.2) is 0 Å². The molecule has 0 radical (unpaired) electrons. The number of nitrogens with one attached hydrogen (secondary N) is 2. The quantitative estimate of drug-likeness (QED) is 0.290. The molecule has 0 fully saturated rings. The topological polar surface area (TPSA) is 115 Å². The number of carbonyl (C=O) groups is 1. The van der Waals surface area contributed by atoms with Gasteiger partial charge in [-0.15, -0.1) is 0 Å². The summed E-state index contributed by atoms with van der Waals surface area (Å²) in [5.74, 6) is -0.107. The summed E-state index contributed by atoms with van der Waals surface area (Å²) >= 11 is 0. The molecule has 0 aliphatic carbocycles. The van der Waals surface area contributed by atoms with E-state index in [4.69, 9.17) is 0 Å². The van der Waals surface area contributed by atoms with Crippen LogP contribution in [0.15, 0.2) is 54.6 Å². The van der Waals surface area contributed by atoms with Gasteiger partial charge in [-0.25, -0.2) is 4.98 Å². The molecule has 0 spiro atoms. The second-order valence-electron chi connectivity index (χ2n) is 9.09. The van der Waals surface area contributed by atoms with Crippen LogP contribution in [-0.4, -0.2) is 38.8 Å². The third-order valence-electron chi connectivity index (χ3n) is 6.00. The molecule has 35 heavy (non-hydrogen) atoms. The molecule has 0 aliphatic rings. The predicted molar refractivity (Wildman–Crippen MR) is 136 cm³/mol. The molecule has 3 rings (SSSR count). The number of aromatic hydroxyl groups is 1. The van der Waals surface area contributed by atoms with Crippen LogP contribution in [0.25, 0.3) is 0 Å². The van der Waals surface area contributed by atoms with Crippen molar-refractivity contribution in [2.75, 3.05) is 6.54 Å². The molecule has 0 saturated heterocycles. The van der Waals surface area contributed by atoms with E-state index in [2.05, 4.69) is 33.8 Å². The number of amides is 1. The van der Waals surface area contributed by atoms with Crippen LogP contribution in [0.3, 0.4) is 0 Å². The Labute approximate surface area is 206 Å². The Balaban J connectivity index is 1.49. The fourth-order valence-corrected chi connectivity index (χ4v) is 3.95. The number of aliphatic hydroxyl groups is 2. The number of carbonyl (C=O) groups excluding carboxylic acids is 1. The van der Waals surface area contributed by atoms with Gasteiger partial charge in [0.05, 0.1) is 18.7 Å². The molecule has 3 aromatic rings. The molecule has 1 amide bonds. The first-order chi connectivity index (χ1) is 16.7. The number of aromatic nitrogens is 1. The average Bonchev–Trinajstić information content (AvgIpc) is 2.83. The minimum atomic E-state index is -0.865. The van der Waals surface area contributed by atoms with Crippen molar-refractivity contribution in [1.29, 1.82) is 0 Å². The van der Waals surface area contributed by atoms with Gasteiger partial charge in [-0.2, -0.15) is 0 Å². The van der Waals surface area contributed by atoms with Crippen LogP contribution in [0.2, 0.25) is 0 Å². The summed E-state index contributed by atoms with van der Waals surface area (Å²) in [7, 11) is 0. The van der Waals surface area contributed by atoms with Crippen molar-refractivity contribution < 1.29 is 20.1 Å². The lowest BCUT2D eigenvalue weighted by Gasteiger charge is -2.18. The Morgan fingerprint density at radius 2 is 1.83 bits per heavy atom. The number of hydrogen-bond acceptors (Lipinski definition) is 6. The maximum absolute atomic E-state index is 12.5. The number of hydrogen-bond donors (Lipinski definition) is 5. The molecule has 2 aromatic carbocycles. The van der Waals surface area contributed by atoms with Crippen molar-refractivity contribution >= 4 is 5.91 Å². The lowest BCUT2D eigenvalue weighted by molar-refractivity contribution is -0.120. The van der Waals surface area contributed by atoms with E-state index in [0.29, 0.717) is 18.7 Å². The van der Waals surface area contributed by atoms with Crippen molar-refractivity contribution in [3.63, 3.8) is 0 Å². The number of aryl methyl sites for hydroxylation is 2. The van der Waals surface area contributed by atoms with Crippen molar-refractivity contribution in [3.8, 4) is 5.75 Å². The molecule has 186 valence electrons. The fraction of sp³-hybridized carbons (Fsp3) is 0.357. The molecular weight excluding hydrogens is 442 g/mol. The smallest absolute Gasteiger partial charge is 0.224 e. The zero-order valence-corrected chi connectivity index (χ0v) is 20.6. The van der Waals surface area contributed by atoms with Gasteiger partial charge in [0, 0.05) is 19.1 Å². The van der Waals surface area contributed by atoms with Gasteiger partial charge in [0.2, 0.25) is 5.91 Å². The van der Waals surface area contributed by atoms with Gasteiger partial charge in [0.1, 0.15) is 17.5 Å². The number of aliphatic hydroxyl groups excluding tert-OH is 2. The molecule has 0 saturated carbocycles. The first-order valence-corrected chi connectivity index (χ1v) is 11.9. The van der Waals surface area contributed by atoms with Gasteiger partial charge >= 0.3 is 0 Å². The fourth-order valence-electron chi connectivity index (χ4n) is 3.95. The maximum atomic E-state index is 12.5. The Bertz CT molecular complexity index is 1150. The molecular formula is C28H35N3O4. The number of benzene rings is 2. The number of rotatable bonds is 11. The van der Waals surface area contributed by atoms with E-state index in [1.807, 2.05) is 45.0 Å². The van der Waals surface area contributed by atoms with Crippen LogP contribution in [0.5, 0.6) is 5.75 Å². The summed E-state index contributed by atoms with van der Waals surface area (Å²) in [6.45, 7) is 6.53. The Hall–Kier alpha value is -3.26. The highest BCUT2D eigenvalue weighted by atomic mass is 16.3. The lowest BCUT2D eigenvalue weighted by Crippen LogP contribution is -2.32. The summed E-state index contributed by atoms with van der Waals surface area (Å²) < 4.78 is 0. The van der Waals surface area contributed by atoms with Crippen molar-refractivity contribution in [1.82, 2.24) is 15.6 Å². The normalized spacial score (nSPS) is 12.8. The summed E-state index contributed by atoms with van der Waals surface area (Å²) in [6.07, 6.45) is 0.185. The molecule has 1 unspecified atom stereocenters. The number of nitrogens with zero attached hydrogens (tertiary/aromatic N) is 1. The zero-order chi connectivity index (χ0) is 25.4. The Kier molecular flexibility index (Phi) is 9.37. The molecule has 7 nitrogen and oxygen atoms in total. The van der Waals surface area contributed by atoms with Gasteiger partial charge in [-0.3, -0.25) is 4.79 Å². The second-order valence-corrected chi connectivity index (χ2v) is 9.09. The monoisotopic (exact) mass is 477 g/mol. The number of pyridine rings is 1. The Morgan fingerprint density at radius 1 is 1.06 bits per heavy atom. The Morgan fingerprint density at radius 3 is 2.60 bits per heavy atom. The largest absolute Gasteiger partial charge is 0.506 e. The van der Waals surface area contributed by atoms with E-state index in [9.17, 15) is 20.1 Å². The van der Waals surface area contributed by atoms with Crippen molar-refractivity contribution in [3.05, 3.63) is 93.8 Å². The van der Waals surface area contributed by atoms with Crippen LogP contribution >= 0.6 is 0 Å². The minimum Gasteiger partial charge on any atom is -0.506 e. The molecule has 7 heteroatoms. The van der Waals surface area contributed by atoms with Crippen LogP contribution in [0.4, 0.5) is 0 Å². The summed E-state index contributed by atoms with van der Waals surface area (Å²) in [6, 6.07) is 17.3. The highest BCUT2D eigenvalue weighted by Crippen LogP contribution is 2.19. The molecule has 1 aromatic heterocycles. The van der Waals surface area contributed by atoms with E-state index in [1.165, 1.54) is 17.2 Å². The molecule has 0 aliphatic heterocycles. The second kappa shape index (κ2) is 12.4. The summed E-state index contributed by atoms with van der Waals surface area (Å²) in [5, 5.41) is 35.6.